The molecule has 0 bridgehead atoms. The molecular weight excluding hydrogens is 270 g/mol. The second-order valence-electron chi connectivity index (χ2n) is 5.26. The highest BCUT2D eigenvalue weighted by molar-refractivity contribution is 5.96. The van der Waals surface area contributed by atoms with Crippen LogP contribution in [0.4, 0.5) is 0 Å². The first-order valence-electron chi connectivity index (χ1n) is 6.72. The lowest BCUT2D eigenvalue weighted by atomic mass is 9.91. The highest BCUT2D eigenvalue weighted by Gasteiger charge is 2.33. The van der Waals surface area contributed by atoms with Crippen molar-refractivity contribution in [1.82, 2.24) is 4.90 Å². The Morgan fingerprint density at radius 1 is 1.33 bits per heavy atom. The van der Waals surface area contributed by atoms with Crippen LogP contribution in [0.1, 0.15) is 18.5 Å². The minimum absolute atomic E-state index is 0.0296. The zero-order valence-corrected chi connectivity index (χ0v) is 11.5. The first-order valence-corrected chi connectivity index (χ1v) is 6.72. The molecule has 1 aromatic carbocycles. The summed E-state index contributed by atoms with van der Waals surface area (Å²) in [5.74, 6) is 1.15. The molecule has 108 valence electrons. The van der Waals surface area contributed by atoms with Gasteiger partial charge in [0.1, 0.15) is 11.6 Å². The second kappa shape index (κ2) is 5.05. The van der Waals surface area contributed by atoms with Crippen molar-refractivity contribution in [3.05, 3.63) is 64.0 Å². The van der Waals surface area contributed by atoms with Crippen molar-refractivity contribution in [2.45, 2.75) is 13.0 Å². The van der Waals surface area contributed by atoms with Crippen LogP contribution in [-0.4, -0.2) is 27.3 Å². The van der Waals surface area contributed by atoms with Gasteiger partial charge in [0.15, 0.2) is 0 Å². The quantitative estimate of drug-likeness (QED) is 0.668. The normalized spacial score (nSPS) is 24.1. The van der Waals surface area contributed by atoms with Gasteiger partial charge in [0.05, 0.1) is 17.2 Å². The highest BCUT2D eigenvalue weighted by atomic mass is 16.6. The fourth-order valence-corrected chi connectivity index (χ4v) is 2.73. The number of hydrogen-bond donors (Lipinski definition) is 1. The molecule has 1 aromatic rings. The first kappa shape index (κ1) is 13.4. The molecule has 0 aromatic heterocycles. The maximum atomic E-state index is 11.0. The van der Waals surface area contributed by atoms with E-state index in [1.807, 2.05) is 17.0 Å². The number of fused-ring (bicyclic) bond motifs is 1. The van der Waals surface area contributed by atoms with Crippen LogP contribution in [0.5, 0.6) is 5.75 Å². The Kier molecular flexibility index (Phi) is 3.21. The predicted octanol–water partition coefficient (Wildman–Crippen LogP) is 2.47. The van der Waals surface area contributed by atoms with Crippen LogP contribution in [0.15, 0.2) is 53.3 Å². The number of amidine groups is 1. The average Bonchev–Trinajstić information content (AvgIpc) is 2.48. The minimum Gasteiger partial charge on any atom is -0.508 e. The standard InChI is InChI=1S/C15H15N3O3/c1-10-8-16-14-7-4-12(18(20)21)9-17(14)15(10)11-2-5-13(19)6-3-11/h2-7,9-10,15,19H,8H2,1H3. The van der Waals surface area contributed by atoms with Gasteiger partial charge in [0, 0.05) is 18.5 Å². The molecule has 2 unspecified atom stereocenters. The molecule has 0 fully saturated rings. The fourth-order valence-electron chi connectivity index (χ4n) is 2.73. The van der Waals surface area contributed by atoms with E-state index in [2.05, 4.69) is 11.9 Å². The number of nitrogens with zero attached hydrogens (tertiary/aromatic N) is 3. The van der Waals surface area contributed by atoms with E-state index < -0.39 is 4.92 Å². The van der Waals surface area contributed by atoms with Crippen molar-refractivity contribution in [3.63, 3.8) is 0 Å². The summed E-state index contributed by atoms with van der Waals surface area (Å²) in [7, 11) is 0. The van der Waals surface area contributed by atoms with Crippen molar-refractivity contribution in [2.24, 2.45) is 10.9 Å². The Bertz CT molecular complexity index is 661. The third-order valence-electron chi connectivity index (χ3n) is 3.76. The van der Waals surface area contributed by atoms with Gasteiger partial charge in [-0.05, 0) is 23.8 Å². The summed E-state index contributed by atoms with van der Waals surface area (Å²) in [6.07, 6.45) is 4.68. The largest absolute Gasteiger partial charge is 0.508 e. The van der Waals surface area contributed by atoms with Crippen LogP contribution in [0.25, 0.3) is 0 Å². The topological polar surface area (TPSA) is 79.0 Å². The van der Waals surface area contributed by atoms with Crippen molar-refractivity contribution in [2.75, 3.05) is 6.54 Å². The Morgan fingerprint density at radius 2 is 2.05 bits per heavy atom. The monoisotopic (exact) mass is 285 g/mol. The molecule has 0 radical (unpaired) electrons. The number of rotatable bonds is 2. The number of allylic oxidation sites excluding steroid dienone is 1. The maximum Gasteiger partial charge on any atom is 0.285 e. The SMILES string of the molecule is CC1CN=C2C=CC([N+](=O)[O-])=CN2C1c1ccc(O)cc1. The van der Waals surface area contributed by atoms with Gasteiger partial charge in [0.2, 0.25) is 0 Å². The van der Waals surface area contributed by atoms with Crippen molar-refractivity contribution in [3.8, 4) is 5.75 Å². The number of benzene rings is 1. The molecule has 0 saturated carbocycles. The van der Waals surface area contributed by atoms with Gasteiger partial charge in [-0.3, -0.25) is 15.1 Å². The Labute approximate surface area is 121 Å². The average molecular weight is 285 g/mol. The fraction of sp³-hybridized carbons (Fsp3) is 0.267. The summed E-state index contributed by atoms with van der Waals surface area (Å²) in [5.41, 5.74) is 1.05. The zero-order valence-electron chi connectivity index (χ0n) is 11.5. The van der Waals surface area contributed by atoms with E-state index in [1.54, 1.807) is 18.2 Å². The molecule has 0 saturated heterocycles. The lowest BCUT2D eigenvalue weighted by molar-refractivity contribution is -0.420. The molecule has 2 heterocycles. The molecule has 6 heteroatoms. The smallest absolute Gasteiger partial charge is 0.285 e. The predicted molar refractivity (Wildman–Crippen MR) is 78.4 cm³/mol. The third-order valence-corrected chi connectivity index (χ3v) is 3.76. The van der Waals surface area contributed by atoms with E-state index >= 15 is 0 Å². The van der Waals surface area contributed by atoms with Crippen molar-refractivity contribution in [1.29, 1.82) is 0 Å². The van der Waals surface area contributed by atoms with Gasteiger partial charge in [-0.25, -0.2) is 0 Å². The van der Waals surface area contributed by atoms with Crippen LogP contribution < -0.4 is 0 Å². The zero-order chi connectivity index (χ0) is 15.0. The number of aliphatic imine (C=N–C) groups is 1. The Morgan fingerprint density at radius 3 is 2.71 bits per heavy atom. The van der Waals surface area contributed by atoms with Gasteiger partial charge in [-0.15, -0.1) is 0 Å². The van der Waals surface area contributed by atoms with Gasteiger partial charge < -0.3 is 10.0 Å². The van der Waals surface area contributed by atoms with Crippen molar-refractivity contribution >= 4 is 5.84 Å². The van der Waals surface area contributed by atoms with Crippen molar-refractivity contribution < 1.29 is 10.0 Å². The van der Waals surface area contributed by atoms with Gasteiger partial charge in [-0.1, -0.05) is 19.1 Å². The van der Waals surface area contributed by atoms with Gasteiger partial charge >= 0.3 is 0 Å². The van der Waals surface area contributed by atoms with Gasteiger partial charge in [0.25, 0.3) is 5.70 Å². The maximum absolute atomic E-state index is 11.0. The van der Waals surface area contributed by atoms with E-state index in [-0.39, 0.29) is 23.4 Å². The number of phenolic OH excluding ortho intramolecular Hbond substituents is 1. The summed E-state index contributed by atoms with van der Waals surface area (Å²) in [4.78, 5) is 16.9. The molecule has 2 atom stereocenters. The van der Waals surface area contributed by atoms with Crippen LogP contribution in [-0.2, 0) is 0 Å². The summed E-state index contributed by atoms with van der Waals surface area (Å²) in [6.45, 7) is 2.74. The lowest BCUT2D eigenvalue weighted by Crippen LogP contribution is -2.40. The second-order valence-corrected chi connectivity index (χ2v) is 5.26. The summed E-state index contributed by atoms with van der Waals surface area (Å²) in [6, 6.07) is 6.92. The lowest BCUT2D eigenvalue weighted by Gasteiger charge is -2.38. The Hall–Kier alpha value is -2.63. The number of nitro groups is 1. The summed E-state index contributed by atoms with van der Waals surface area (Å²) < 4.78 is 0. The molecular formula is C15H15N3O3. The van der Waals surface area contributed by atoms with E-state index in [1.165, 1.54) is 12.3 Å². The molecule has 1 N–H and O–H groups in total. The first-order chi connectivity index (χ1) is 10.1. The van der Waals surface area contributed by atoms with Crippen LogP contribution >= 0.6 is 0 Å². The van der Waals surface area contributed by atoms with E-state index in [0.29, 0.717) is 6.54 Å². The minimum atomic E-state index is -0.402. The molecule has 21 heavy (non-hydrogen) atoms. The summed E-state index contributed by atoms with van der Waals surface area (Å²) in [5, 5.41) is 20.4. The molecule has 0 aliphatic carbocycles. The van der Waals surface area contributed by atoms with E-state index in [9.17, 15) is 15.2 Å². The molecule has 3 rings (SSSR count). The summed E-state index contributed by atoms with van der Waals surface area (Å²) >= 11 is 0. The molecule has 0 spiro atoms. The highest BCUT2D eigenvalue weighted by Crippen LogP contribution is 2.35. The van der Waals surface area contributed by atoms with Crippen LogP contribution in [0, 0.1) is 16.0 Å². The number of hydrogen-bond acceptors (Lipinski definition) is 5. The molecule has 6 nitrogen and oxygen atoms in total. The molecule has 2 aliphatic rings. The van der Waals surface area contributed by atoms with Crippen LogP contribution in [0.3, 0.4) is 0 Å². The third kappa shape index (κ3) is 2.40. The van der Waals surface area contributed by atoms with Gasteiger partial charge in [-0.2, -0.15) is 0 Å². The van der Waals surface area contributed by atoms with E-state index in [4.69, 9.17) is 0 Å². The van der Waals surface area contributed by atoms with E-state index in [0.717, 1.165) is 11.4 Å². The van der Waals surface area contributed by atoms with Crippen LogP contribution in [0.2, 0.25) is 0 Å². The molecule has 2 aliphatic heterocycles. The molecule has 0 amide bonds. The Balaban J connectivity index is 2.02. The number of phenols is 1. The number of aromatic hydroxyl groups is 1.